The third-order valence-corrected chi connectivity index (χ3v) is 3.05. The van der Waals surface area contributed by atoms with Crippen LogP contribution >= 0.6 is 0 Å². The fraction of sp³-hybridized carbons (Fsp3) is 0.188. The van der Waals surface area contributed by atoms with Crippen LogP contribution in [0, 0.1) is 19.7 Å². The number of aryl methyl sites for hydroxylation is 2. The highest BCUT2D eigenvalue weighted by Crippen LogP contribution is 2.19. The minimum Gasteiger partial charge on any atom is -0.325 e. The van der Waals surface area contributed by atoms with Gasteiger partial charge in [-0.3, -0.25) is 4.79 Å². The highest BCUT2D eigenvalue weighted by molar-refractivity contribution is 5.93. The van der Waals surface area contributed by atoms with Gasteiger partial charge in [-0.1, -0.05) is 36.4 Å². The lowest BCUT2D eigenvalue weighted by Gasteiger charge is -2.11. The molecular weight excluding hydrogens is 241 g/mol. The van der Waals surface area contributed by atoms with E-state index in [1.807, 2.05) is 32.0 Å². The van der Waals surface area contributed by atoms with Crippen molar-refractivity contribution < 1.29 is 9.18 Å². The minimum absolute atomic E-state index is 0.0421. The summed E-state index contributed by atoms with van der Waals surface area (Å²) >= 11 is 0. The molecule has 0 aromatic heterocycles. The van der Waals surface area contributed by atoms with Crippen LogP contribution < -0.4 is 5.32 Å². The van der Waals surface area contributed by atoms with Gasteiger partial charge < -0.3 is 5.32 Å². The van der Waals surface area contributed by atoms with Gasteiger partial charge in [0, 0.05) is 5.69 Å². The number of anilines is 1. The molecule has 3 heteroatoms. The SMILES string of the molecule is Cc1cccc(C)c1NC(=O)Cc1ccccc1F. The Morgan fingerprint density at radius 1 is 1.05 bits per heavy atom. The van der Waals surface area contributed by atoms with Crippen molar-refractivity contribution in [3.05, 3.63) is 65.0 Å². The van der Waals surface area contributed by atoms with Crippen LogP contribution in [0.2, 0.25) is 0 Å². The van der Waals surface area contributed by atoms with Gasteiger partial charge in [0.1, 0.15) is 5.82 Å². The molecular formula is C16H16FNO. The summed E-state index contributed by atoms with van der Waals surface area (Å²) < 4.78 is 13.5. The molecule has 98 valence electrons. The quantitative estimate of drug-likeness (QED) is 0.894. The van der Waals surface area contributed by atoms with E-state index in [1.165, 1.54) is 6.07 Å². The van der Waals surface area contributed by atoms with E-state index in [4.69, 9.17) is 0 Å². The molecule has 2 nitrogen and oxygen atoms in total. The van der Waals surface area contributed by atoms with Crippen molar-refractivity contribution in [3.8, 4) is 0 Å². The summed E-state index contributed by atoms with van der Waals surface area (Å²) in [6.45, 7) is 3.87. The van der Waals surface area contributed by atoms with Crippen molar-refractivity contribution in [3.63, 3.8) is 0 Å². The van der Waals surface area contributed by atoms with Gasteiger partial charge in [-0.2, -0.15) is 0 Å². The molecule has 2 aromatic rings. The molecule has 0 spiro atoms. The van der Waals surface area contributed by atoms with Crippen LogP contribution in [0.4, 0.5) is 10.1 Å². The van der Waals surface area contributed by atoms with Crippen LogP contribution in [-0.4, -0.2) is 5.91 Å². The van der Waals surface area contributed by atoms with Gasteiger partial charge in [0.2, 0.25) is 5.91 Å². The van der Waals surface area contributed by atoms with Gasteiger partial charge in [-0.15, -0.1) is 0 Å². The second kappa shape index (κ2) is 5.65. The maximum atomic E-state index is 13.5. The van der Waals surface area contributed by atoms with E-state index in [9.17, 15) is 9.18 Å². The molecule has 0 atom stereocenters. The number of para-hydroxylation sites is 1. The molecule has 0 saturated carbocycles. The number of carbonyl (C=O) groups is 1. The Bertz CT molecular complexity index is 587. The number of carbonyl (C=O) groups excluding carboxylic acids is 1. The highest BCUT2D eigenvalue weighted by Gasteiger charge is 2.10. The summed E-state index contributed by atoms with van der Waals surface area (Å²) in [6.07, 6.45) is 0.0421. The Morgan fingerprint density at radius 3 is 2.32 bits per heavy atom. The van der Waals surface area contributed by atoms with Crippen LogP contribution in [0.5, 0.6) is 0 Å². The van der Waals surface area contributed by atoms with Crippen LogP contribution in [0.1, 0.15) is 16.7 Å². The van der Waals surface area contributed by atoms with Gasteiger partial charge in [0.25, 0.3) is 0 Å². The first-order valence-electron chi connectivity index (χ1n) is 6.17. The Morgan fingerprint density at radius 2 is 1.68 bits per heavy atom. The number of hydrogen-bond donors (Lipinski definition) is 1. The molecule has 0 aliphatic carbocycles. The lowest BCUT2D eigenvalue weighted by molar-refractivity contribution is -0.115. The zero-order valence-corrected chi connectivity index (χ0v) is 11.0. The minimum atomic E-state index is -0.348. The van der Waals surface area contributed by atoms with E-state index in [1.54, 1.807) is 18.2 Å². The van der Waals surface area contributed by atoms with Crippen LogP contribution in [-0.2, 0) is 11.2 Å². The number of halogens is 1. The van der Waals surface area contributed by atoms with Crippen molar-refractivity contribution in [2.75, 3.05) is 5.32 Å². The van der Waals surface area contributed by atoms with E-state index in [-0.39, 0.29) is 18.1 Å². The van der Waals surface area contributed by atoms with Crippen molar-refractivity contribution in [1.29, 1.82) is 0 Å². The van der Waals surface area contributed by atoms with E-state index in [2.05, 4.69) is 5.32 Å². The van der Waals surface area contributed by atoms with Gasteiger partial charge >= 0.3 is 0 Å². The number of hydrogen-bond acceptors (Lipinski definition) is 1. The molecule has 0 fully saturated rings. The fourth-order valence-corrected chi connectivity index (χ4v) is 2.01. The summed E-state index contributed by atoms with van der Waals surface area (Å²) in [4.78, 5) is 12.0. The maximum Gasteiger partial charge on any atom is 0.228 e. The van der Waals surface area contributed by atoms with Crippen molar-refractivity contribution in [2.45, 2.75) is 20.3 Å². The lowest BCUT2D eigenvalue weighted by atomic mass is 10.1. The highest BCUT2D eigenvalue weighted by atomic mass is 19.1. The third-order valence-electron chi connectivity index (χ3n) is 3.05. The molecule has 0 bridgehead atoms. The average molecular weight is 257 g/mol. The molecule has 0 heterocycles. The largest absolute Gasteiger partial charge is 0.325 e. The van der Waals surface area contributed by atoms with Gasteiger partial charge in [-0.05, 0) is 36.6 Å². The van der Waals surface area contributed by atoms with E-state index in [0.29, 0.717) is 5.56 Å². The zero-order valence-electron chi connectivity index (χ0n) is 11.0. The number of nitrogens with one attached hydrogen (secondary N) is 1. The molecule has 2 rings (SSSR count). The molecule has 1 N–H and O–H groups in total. The first-order chi connectivity index (χ1) is 9.08. The molecule has 0 saturated heterocycles. The molecule has 19 heavy (non-hydrogen) atoms. The Labute approximate surface area is 112 Å². The standard InChI is InChI=1S/C16H16FNO/c1-11-6-5-7-12(2)16(11)18-15(19)10-13-8-3-4-9-14(13)17/h3-9H,10H2,1-2H3,(H,18,19). The normalized spacial score (nSPS) is 10.3. The molecule has 0 aliphatic heterocycles. The van der Waals surface area contributed by atoms with Crippen LogP contribution in [0.25, 0.3) is 0 Å². The monoisotopic (exact) mass is 257 g/mol. The van der Waals surface area contributed by atoms with Crippen molar-refractivity contribution in [2.24, 2.45) is 0 Å². The van der Waals surface area contributed by atoms with E-state index < -0.39 is 0 Å². The van der Waals surface area contributed by atoms with Crippen LogP contribution in [0.3, 0.4) is 0 Å². The first kappa shape index (κ1) is 13.3. The summed E-state index contributed by atoms with van der Waals surface area (Å²) in [5.41, 5.74) is 3.22. The summed E-state index contributed by atoms with van der Waals surface area (Å²) in [5.74, 6) is -0.554. The Hall–Kier alpha value is -2.16. The molecule has 0 aliphatic rings. The molecule has 0 radical (unpaired) electrons. The second-order valence-electron chi connectivity index (χ2n) is 4.58. The average Bonchev–Trinajstić information content (AvgIpc) is 2.37. The van der Waals surface area contributed by atoms with Gasteiger partial charge in [-0.25, -0.2) is 4.39 Å². The predicted octanol–water partition coefficient (Wildman–Crippen LogP) is 3.62. The summed E-state index contributed by atoms with van der Waals surface area (Å²) in [5, 5.41) is 2.85. The number of amides is 1. The summed E-state index contributed by atoms with van der Waals surface area (Å²) in [7, 11) is 0. The molecule has 0 unspecified atom stereocenters. The summed E-state index contributed by atoms with van der Waals surface area (Å²) in [6, 6.07) is 12.1. The van der Waals surface area contributed by atoms with Crippen molar-refractivity contribution in [1.82, 2.24) is 0 Å². The third kappa shape index (κ3) is 3.19. The Kier molecular flexibility index (Phi) is 3.95. The van der Waals surface area contributed by atoms with E-state index in [0.717, 1.165) is 16.8 Å². The maximum absolute atomic E-state index is 13.5. The van der Waals surface area contributed by atoms with Gasteiger partial charge in [0.15, 0.2) is 0 Å². The lowest BCUT2D eigenvalue weighted by Crippen LogP contribution is -2.16. The molecule has 2 aromatic carbocycles. The predicted molar refractivity (Wildman–Crippen MR) is 74.6 cm³/mol. The fourth-order valence-electron chi connectivity index (χ4n) is 2.01. The number of rotatable bonds is 3. The first-order valence-corrected chi connectivity index (χ1v) is 6.17. The Balaban J connectivity index is 2.12. The van der Waals surface area contributed by atoms with Crippen molar-refractivity contribution >= 4 is 11.6 Å². The molecule has 1 amide bonds. The number of benzene rings is 2. The van der Waals surface area contributed by atoms with Gasteiger partial charge in [0.05, 0.1) is 6.42 Å². The topological polar surface area (TPSA) is 29.1 Å². The smallest absolute Gasteiger partial charge is 0.228 e. The zero-order chi connectivity index (χ0) is 13.8. The second-order valence-corrected chi connectivity index (χ2v) is 4.58. The van der Waals surface area contributed by atoms with Crippen LogP contribution in [0.15, 0.2) is 42.5 Å². The van der Waals surface area contributed by atoms with E-state index >= 15 is 0 Å².